The molecule has 0 bridgehead atoms. The Hall–Kier alpha value is -0.570. The lowest BCUT2D eigenvalue weighted by Crippen LogP contribution is -2.05. The van der Waals surface area contributed by atoms with E-state index in [0.29, 0.717) is 6.42 Å². The van der Waals surface area contributed by atoms with E-state index in [0.717, 1.165) is 25.7 Å². The van der Waals surface area contributed by atoms with Crippen LogP contribution < -0.4 is 0 Å². The highest BCUT2D eigenvalue weighted by atomic mass is 16.4. The summed E-state index contributed by atoms with van der Waals surface area (Å²) < 4.78 is 0. The van der Waals surface area contributed by atoms with Gasteiger partial charge in [-0.1, -0.05) is 122 Å². The molecule has 0 aliphatic rings. The first-order chi connectivity index (χ1) is 13.7. The fourth-order valence-electron chi connectivity index (χ4n) is 3.91. The second kappa shape index (κ2) is 22.7. The molecule has 3 heteroatoms. The van der Waals surface area contributed by atoms with Gasteiger partial charge in [-0.15, -0.1) is 0 Å². The van der Waals surface area contributed by atoms with E-state index >= 15 is 0 Å². The molecule has 1 atom stereocenters. The standard InChI is InChI=1S/C25H50O3/c1-2-3-4-5-6-12-15-18-21-24(26)22-19-16-13-10-8-7-9-11-14-17-20-23-25(27)28/h24,26H,2-23H2,1H3,(H,27,28)/t24-/m0/s1. The quantitative estimate of drug-likeness (QED) is 0.171. The Morgan fingerprint density at radius 2 is 0.893 bits per heavy atom. The van der Waals surface area contributed by atoms with Gasteiger partial charge in [-0.05, 0) is 19.3 Å². The van der Waals surface area contributed by atoms with Crippen LogP contribution in [0.15, 0.2) is 0 Å². The van der Waals surface area contributed by atoms with Gasteiger partial charge in [0, 0.05) is 6.42 Å². The molecule has 0 aromatic carbocycles. The minimum Gasteiger partial charge on any atom is -0.481 e. The number of carboxylic acid groups (broad SMARTS) is 1. The predicted molar refractivity (Wildman–Crippen MR) is 121 cm³/mol. The minimum absolute atomic E-state index is 0.0683. The molecule has 0 fully saturated rings. The monoisotopic (exact) mass is 398 g/mol. The van der Waals surface area contributed by atoms with Crippen molar-refractivity contribution in [2.75, 3.05) is 0 Å². The van der Waals surface area contributed by atoms with Crippen LogP contribution in [0.4, 0.5) is 0 Å². The highest BCUT2D eigenvalue weighted by Crippen LogP contribution is 2.15. The summed E-state index contributed by atoms with van der Waals surface area (Å²) in [5.74, 6) is -0.666. The van der Waals surface area contributed by atoms with Crippen LogP contribution in [-0.2, 0) is 4.79 Å². The lowest BCUT2D eigenvalue weighted by atomic mass is 10.0. The summed E-state index contributed by atoms with van der Waals surface area (Å²) in [6.45, 7) is 2.26. The predicted octanol–water partition coefficient (Wildman–Crippen LogP) is 8.03. The van der Waals surface area contributed by atoms with Crippen molar-refractivity contribution in [1.29, 1.82) is 0 Å². The van der Waals surface area contributed by atoms with E-state index in [1.165, 1.54) is 109 Å². The second-order valence-electron chi connectivity index (χ2n) is 8.74. The van der Waals surface area contributed by atoms with Crippen LogP contribution in [0.2, 0.25) is 0 Å². The largest absolute Gasteiger partial charge is 0.481 e. The van der Waals surface area contributed by atoms with Crippen molar-refractivity contribution in [1.82, 2.24) is 0 Å². The molecule has 168 valence electrons. The fraction of sp³-hybridized carbons (Fsp3) is 0.960. The molecule has 2 N–H and O–H groups in total. The summed E-state index contributed by atoms with van der Waals surface area (Å²) in [6.07, 6.45) is 26.3. The van der Waals surface area contributed by atoms with Gasteiger partial charge in [-0.3, -0.25) is 4.79 Å². The van der Waals surface area contributed by atoms with Crippen LogP contribution >= 0.6 is 0 Å². The van der Waals surface area contributed by atoms with E-state index in [-0.39, 0.29) is 6.10 Å². The number of carbonyl (C=O) groups is 1. The van der Waals surface area contributed by atoms with Crippen molar-refractivity contribution in [2.45, 2.75) is 154 Å². The van der Waals surface area contributed by atoms with Gasteiger partial charge >= 0.3 is 5.97 Å². The maximum atomic E-state index is 10.4. The van der Waals surface area contributed by atoms with Crippen LogP contribution in [0.25, 0.3) is 0 Å². The van der Waals surface area contributed by atoms with Crippen LogP contribution in [0.3, 0.4) is 0 Å². The molecule has 0 aliphatic carbocycles. The molecular formula is C25H50O3. The van der Waals surface area contributed by atoms with Gasteiger partial charge in [0.25, 0.3) is 0 Å². The number of hydrogen-bond donors (Lipinski definition) is 2. The third-order valence-electron chi connectivity index (χ3n) is 5.82. The maximum absolute atomic E-state index is 10.4. The zero-order valence-electron chi connectivity index (χ0n) is 18.9. The molecule has 0 unspecified atom stereocenters. The lowest BCUT2D eigenvalue weighted by Gasteiger charge is -2.10. The van der Waals surface area contributed by atoms with Crippen LogP contribution in [0.1, 0.15) is 148 Å². The first-order valence-electron chi connectivity index (χ1n) is 12.6. The van der Waals surface area contributed by atoms with Gasteiger partial charge in [-0.2, -0.15) is 0 Å². The first kappa shape index (κ1) is 27.4. The summed E-state index contributed by atoms with van der Waals surface area (Å²) >= 11 is 0. The number of aliphatic hydroxyl groups excluding tert-OH is 1. The molecule has 0 aliphatic heterocycles. The maximum Gasteiger partial charge on any atom is 0.303 e. The molecule has 0 saturated heterocycles. The Bertz CT molecular complexity index is 317. The topological polar surface area (TPSA) is 57.5 Å². The molecule has 0 rings (SSSR count). The summed E-state index contributed by atoms with van der Waals surface area (Å²) in [6, 6.07) is 0. The third-order valence-corrected chi connectivity index (χ3v) is 5.82. The van der Waals surface area contributed by atoms with Crippen molar-refractivity contribution < 1.29 is 15.0 Å². The van der Waals surface area contributed by atoms with Gasteiger partial charge in [-0.25, -0.2) is 0 Å². The van der Waals surface area contributed by atoms with Crippen molar-refractivity contribution >= 4 is 5.97 Å². The molecule has 0 spiro atoms. The van der Waals surface area contributed by atoms with Crippen molar-refractivity contribution in [3.8, 4) is 0 Å². The van der Waals surface area contributed by atoms with E-state index in [9.17, 15) is 9.90 Å². The SMILES string of the molecule is CCCCCCCCCC[C@H](O)CCCCCCCCCCCCCC(=O)O. The number of carboxylic acids is 1. The molecule has 0 aromatic rings. The molecule has 0 aromatic heterocycles. The molecule has 0 radical (unpaired) electrons. The highest BCUT2D eigenvalue weighted by Gasteiger charge is 2.04. The van der Waals surface area contributed by atoms with Gasteiger partial charge in [0.2, 0.25) is 0 Å². The van der Waals surface area contributed by atoms with E-state index < -0.39 is 5.97 Å². The molecule has 0 heterocycles. The Balaban J connectivity index is 3.14. The summed E-state index contributed by atoms with van der Waals surface area (Å²) in [5, 5.41) is 18.7. The van der Waals surface area contributed by atoms with Gasteiger partial charge in [0.1, 0.15) is 0 Å². The zero-order chi connectivity index (χ0) is 20.7. The average Bonchev–Trinajstić information content (AvgIpc) is 2.67. The molecule has 3 nitrogen and oxygen atoms in total. The summed E-state index contributed by atoms with van der Waals surface area (Å²) in [5.41, 5.74) is 0. The summed E-state index contributed by atoms with van der Waals surface area (Å²) in [4.78, 5) is 10.4. The Labute approximate surface area is 175 Å². The van der Waals surface area contributed by atoms with E-state index in [4.69, 9.17) is 5.11 Å². The molecule has 0 saturated carbocycles. The Morgan fingerprint density at radius 1 is 0.571 bits per heavy atom. The van der Waals surface area contributed by atoms with E-state index in [2.05, 4.69) is 6.92 Å². The van der Waals surface area contributed by atoms with Crippen molar-refractivity contribution in [3.05, 3.63) is 0 Å². The number of aliphatic hydroxyl groups is 1. The number of aliphatic carboxylic acids is 1. The molecular weight excluding hydrogens is 348 g/mol. The Morgan fingerprint density at radius 3 is 1.25 bits per heavy atom. The first-order valence-corrected chi connectivity index (χ1v) is 12.6. The highest BCUT2D eigenvalue weighted by molar-refractivity contribution is 5.66. The summed E-state index contributed by atoms with van der Waals surface area (Å²) in [7, 11) is 0. The van der Waals surface area contributed by atoms with E-state index in [1.807, 2.05) is 0 Å². The van der Waals surface area contributed by atoms with Crippen LogP contribution in [0.5, 0.6) is 0 Å². The van der Waals surface area contributed by atoms with Gasteiger partial charge in [0.05, 0.1) is 6.10 Å². The van der Waals surface area contributed by atoms with E-state index in [1.54, 1.807) is 0 Å². The lowest BCUT2D eigenvalue weighted by molar-refractivity contribution is -0.137. The van der Waals surface area contributed by atoms with Crippen LogP contribution in [-0.4, -0.2) is 22.3 Å². The normalized spacial score (nSPS) is 12.4. The third kappa shape index (κ3) is 23.5. The zero-order valence-corrected chi connectivity index (χ0v) is 18.9. The van der Waals surface area contributed by atoms with Gasteiger partial charge in [0.15, 0.2) is 0 Å². The number of rotatable bonds is 23. The van der Waals surface area contributed by atoms with Crippen molar-refractivity contribution in [3.63, 3.8) is 0 Å². The second-order valence-corrected chi connectivity index (χ2v) is 8.74. The Kier molecular flexibility index (Phi) is 22.3. The van der Waals surface area contributed by atoms with Gasteiger partial charge < -0.3 is 10.2 Å². The fourth-order valence-corrected chi connectivity index (χ4v) is 3.91. The average molecular weight is 399 g/mol. The van der Waals surface area contributed by atoms with Crippen LogP contribution in [0, 0.1) is 0 Å². The van der Waals surface area contributed by atoms with Crippen molar-refractivity contribution in [2.24, 2.45) is 0 Å². The minimum atomic E-state index is -0.666. The smallest absolute Gasteiger partial charge is 0.303 e. The molecule has 28 heavy (non-hydrogen) atoms. The molecule has 0 amide bonds. The number of unbranched alkanes of at least 4 members (excludes halogenated alkanes) is 17. The number of hydrogen-bond acceptors (Lipinski definition) is 2.